The molecule has 0 N–H and O–H groups in total. The Morgan fingerprint density at radius 3 is 1.38 bits per heavy atom. The number of carbonyl (C=O) groups is 1. The maximum absolute atomic E-state index is 10.1. The van der Waals surface area contributed by atoms with Crippen LogP contribution in [0.3, 0.4) is 0 Å². The molecule has 0 aliphatic heterocycles. The third-order valence-electron chi connectivity index (χ3n) is 5.61. The molecule has 6 heteroatoms. The minimum absolute atomic E-state index is 0. The first-order chi connectivity index (χ1) is 14.5. The van der Waals surface area contributed by atoms with Crippen LogP contribution < -0.4 is 5.11 Å². The monoisotopic (exact) mass is 521 g/mol. The van der Waals surface area contributed by atoms with E-state index < -0.39 is 5.97 Å². The molecule has 32 heavy (non-hydrogen) atoms. The summed E-state index contributed by atoms with van der Waals surface area (Å²) in [4.78, 5) is 15.1. The van der Waals surface area contributed by atoms with Crippen molar-refractivity contribution in [3.05, 3.63) is 65.5 Å². The number of rotatable bonds is 9. The number of hydrogen-bond acceptors (Lipinski definition) is 3. The summed E-state index contributed by atoms with van der Waals surface area (Å²) in [5.74, 6) is -1.13. The van der Waals surface area contributed by atoms with Crippen LogP contribution in [0.4, 0.5) is 0 Å². The smallest absolute Gasteiger partial charge is 0.0995 e. The van der Waals surface area contributed by atoms with Gasteiger partial charge in [-0.15, -0.1) is 0 Å². The van der Waals surface area contributed by atoms with Crippen molar-refractivity contribution >= 4 is 21.8 Å². The number of aromatic carboxylic acids is 1. The molecule has 1 aromatic heterocycles. The second-order valence-corrected chi connectivity index (χ2v) is 17.0. The van der Waals surface area contributed by atoms with E-state index in [4.69, 9.17) is 4.98 Å². The number of aromatic nitrogens is 1. The molecule has 1 heterocycles. The van der Waals surface area contributed by atoms with E-state index in [2.05, 4.69) is 73.6 Å². The minimum Gasteiger partial charge on any atom is -0.545 e. The number of pyridine rings is 1. The van der Waals surface area contributed by atoms with Crippen molar-refractivity contribution in [1.82, 2.24) is 4.98 Å². The van der Waals surface area contributed by atoms with Crippen molar-refractivity contribution in [3.8, 4) is 0 Å². The zero-order valence-electron chi connectivity index (χ0n) is 20.9. The van der Waals surface area contributed by atoms with Gasteiger partial charge in [0, 0.05) is 32.6 Å². The van der Waals surface area contributed by atoms with Crippen molar-refractivity contribution in [3.63, 3.8) is 0 Å². The van der Waals surface area contributed by atoms with Gasteiger partial charge >= 0.3 is 0 Å². The van der Waals surface area contributed by atoms with E-state index in [1.54, 1.807) is 18.2 Å². The average molecular weight is 522 g/mol. The zero-order chi connectivity index (χ0) is 23.6. The van der Waals surface area contributed by atoms with Crippen LogP contribution in [0.5, 0.6) is 0 Å². The minimum atomic E-state index is -1.13. The van der Waals surface area contributed by atoms with Gasteiger partial charge in [0.1, 0.15) is 0 Å². The molecule has 0 aliphatic carbocycles. The van der Waals surface area contributed by atoms with Crippen molar-refractivity contribution in [2.45, 2.75) is 90.3 Å². The largest absolute Gasteiger partial charge is 0.545 e. The van der Waals surface area contributed by atoms with Gasteiger partial charge < -0.3 is 9.90 Å². The fourth-order valence-electron chi connectivity index (χ4n) is 3.87. The van der Waals surface area contributed by atoms with Gasteiger partial charge in [-0.05, 0) is 73.1 Å². The summed E-state index contributed by atoms with van der Waals surface area (Å²) in [5.41, 5.74) is 6.17. The standard InChI is InChI=1S/C19H35NP2.C7H6O2.Co/c1-14(2)21(15(3)4)12-18-10-9-11-19(20-18)13-22(16(5)6)17(7)8;8-7(9)6-4-2-1-3-5-6;/h9-11,14-17H,12-13H2,1-8H3;1-5H,(H,8,9);/p+1. The second-order valence-electron chi connectivity index (χ2n) is 9.40. The Kier molecular flexibility index (Phi) is 15.5. The Balaban J connectivity index is 0.000000803. The number of carboxylic acids is 1. The van der Waals surface area contributed by atoms with Crippen LogP contribution in [0.15, 0.2) is 48.5 Å². The fraction of sp³-hybridized carbons (Fsp3) is 0.538. The van der Waals surface area contributed by atoms with Gasteiger partial charge in [-0.25, -0.2) is 0 Å². The SMILES string of the molecule is CC(C)[PH+](Cc1cccc(C[PH+](C(C)C)C(C)C)n1)C(C)C.O=C([O-])c1ccccc1.[Co]. The van der Waals surface area contributed by atoms with Crippen LogP contribution in [-0.2, 0) is 29.1 Å². The fourth-order valence-corrected chi connectivity index (χ4v) is 9.40. The first kappa shape index (κ1) is 31.2. The molecule has 0 saturated carbocycles. The van der Waals surface area contributed by atoms with Crippen molar-refractivity contribution in [2.24, 2.45) is 0 Å². The van der Waals surface area contributed by atoms with E-state index in [1.165, 1.54) is 35.8 Å². The molecule has 0 amide bonds. The molecule has 2 rings (SSSR count). The number of carbonyl (C=O) groups excluding carboxylic acids is 1. The van der Waals surface area contributed by atoms with E-state index >= 15 is 0 Å². The van der Waals surface area contributed by atoms with E-state index in [9.17, 15) is 9.90 Å². The summed E-state index contributed by atoms with van der Waals surface area (Å²) < 4.78 is 0. The van der Waals surface area contributed by atoms with E-state index in [1.807, 2.05) is 0 Å². The topological polar surface area (TPSA) is 53.0 Å². The Bertz CT molecular complexity index is 729. The number of benzene rings is 1. The first-order valence-electron chi connectivity index (χ1n) is 11.4. The maximum Gasteiger partial charge on any atom is 0.0995 e. The van der Waals surface area contributed by atoms with Gasteiger partial charge in [-0.2, -0.15) is 0 Å². The Morgan fingerprint density at radius 2 is 1.09 bits per heavy atom. The molecule has 2 aromatic rings. The van der Waals surface area contributed by atoms with Crippen LogP contribution in [0, 0.1) is 0 Å². The number of carboxylic acid groups (broad SMARTS) is 1. The summed E-state index contributed by atoms with van der Waals surface area (Å²) in [5, 5.41) is 10.1. The van der Waals surface area contributed by atoms with Gasteiger partial charge in [0.2, 0.25) is 0 Å². The summed E-state index contributed by atoms with van der Waals surface area (Å²) in [6, 6.07) is 14.8. The molecular formula is C26H42CoNO2P2+. The van der Waals surface area contributed by atoms with Crippen molar-refractivity contribution in [2.75, 3.05) is 0 Å². The molecule has 3 nitrogen and oxygen atoms in total. The van der Waals surface area contributed by atoms with Crippen LogP contribution >= 0.6 is 15.8 Å². The van der Waals surface area contributed by atoms with Crippen molar-refractivity contribution in [1.29, 1.82) is 0 Å². The first-order valence-corrected chi connectivity index (χ1v) is 15.2. The summed E-state index contributed by atoms with van der Waals surface area (Å²) in [6.07, 6.45) is 2.44. The van der Waals surface area contributed by atoms with E-state index in [-0.39, 0.29) is 38.2 Å². The molecule has 1 aromatic carbocycles. The van der Waals surface area contributed by atoms with Crippen molar-refractivity contribution < 1.29 is 26.7 Å². The van der Waals surface area contributed by atoms with Crippen LogP contribution in [0.25, 0.3) is 0 Å². The summed E-state index contributed by atoms with van der Waals surface area (Å²) in [7, 11) is -0.724. The zero-order valence-corrected chi connectivity index (χ0v) is 24.0. The molecule has 1 radical (unpaired) electrons. The number of nitrogens with zero attached hydrogens (tertiary/aromatic N) is 1. The number of hydrogen-bond donors (Lipinski definition) is 0. The Hall–Kier alpha value is -0.794. The van der Waals surface area contributed by atoms with Gasteiger partial charge in [0.25, 0.3) is 0 Å². The Morgan fingerprint density at radius 1 is 0.719 bits per heavy atom. The average Bonchev–Trinajstić information content (AvgIpc) is 2.70. The molecule has 0 bridgehead atoms. The molecule has 0 spiro atoms. The Labute approximate surface area is 208 Å². The van der Waals surface area contributed by atoms with E-state index in [0.717, 1.165) is 22.6 Å². The maximum atomic E-state index is 10.1. The van der Waals surface area contributed by atoms with Gasteiger partial charge in [-0.3, -0.25) is 4.98 Å². The van der Waals surface area contributed by atoms with Crippen LogP contribution in [0.2, 0.25) is 0 Å². The van der Waals surface area contributed by atoms with Gasteiger partial charge in [0.15, 0.2) is 0 Å². The summed E-state index contributed by atoms with van der Waals surface area (Å²) >= 11 is 0. The normalized spacial score (nSPS) is 11.2. The molecule has 0 atom stereocenters. The van der Waals surface area contributed by atoms with Crippen LogP contribution in [-0.4, -0.2) is 33.6 Å². The molecule has 181 valence electrons. The van der Waals surface area contributed by atoms with Crippen LogP contribution in [0.1, 0.15) is 77.1 Å². The predicted molar refractivity (Wildman–Crippen MR) is 140 cm³/mol. The van der Waals surface area contributed by atoms with Gasteiger partial charge in [-0.1, -0.05) is 36.4 Å². The molecule has 0 fully saturated rings. The van der Waals surface area contributed by atoms with Gasteiger partial charge in [0.05, 0.1) is 52.3 Å². The summed E-state index contributed by atoms with van der Waals surface area (Å²) in [6.45, 7) is 19.1. The molecule has 0 aliphatic rings. The molecule has 0 saturated heterocycles. The quantitative estimate of drug-likeness (QED) is 0.370. The van der Waals surface area contributed by atoms with E-state index in [0.29, 0.717) is 0 Å². The second kappa shape index (κ2) is 15.9. The predicted octanol–water partition coefficient (Wildman–Crippen LogP) is 6.19. The third-order valence-corrected chi connectivity index (χ3v) is 13.1. The third kappa shape index (κ3) is 11.4. The molecule has 0 unspecified atom stereocenters. The molecular weight excluding hydrogens is 479 g/mol.